The van der Waals surface area contributed by atoms with Gasteiger partial charge in [0.25, 0.3) is 5.56 Å². The van der Waals surface area contributed by atoms with Crippen LogP contribution in [0.5, 0.6) is 0 Å². The number of aliphatic carboxylic acids is 1. The van der Waals surface area contributed by atoms with Crippen molar-refractivity contribution in [2.45, 2.75) is 19.0 Å². The van der Waals surface area contributed by atoms with E-state index in [2.05, 4.69) is 9.97 Å². The van der Waals surface area contributed by atoms with Crippen molar-refractivity contribution in [3.63, 3.8) is 0 Å². The molecule has 4 rings (SSSR count). The molecule has 1 N–H and O–H groups in total. The fourth-order valence-corrected chi connectivity index (χ4v) is 3.87. The van der Waals surface area contributed by atoms with Gasteiger partial charge in [0, 0.05) is 16.7 Å². The van der Waals surface area contributed by atoms with E-state index in [0.717, 1.165) is 33.8 Å². The predicted molar refractivity (Wildman–Crippen MR) is 104 cm³/mol. The summed E-state index contributed by atoms with van der Waals surface area (Å²) in [6.45, 7) is 3.90. The molecule has 0 radical (unpaired) electrons. The molecule has 0 bridgehead atoms. The molecule has 0 saturated carbocycles. The zero-order chi connectivity index (χ0) is 19.1. The fraction of sp³-hybridized carbons (Fsp3) is 0.150. The number of carboxylic acid groups (broad SMARTS) is 1. The lowest BCUT2D eigenvalue weighted by Gasteiger charge is -2.15. The van der Waals surface area contributed by atoms with Crippen LogP contribution in [0.2, 0.25) is 0 Å². The Bertz CT molecular complexity index is 1260. The lowest BCUT2D eigenvalue weighted by molar-refractivity contribution is -0.301. The third-order valence-corrected chi connectivity index (χ3v) is 5.54. The molecule has 2 aromatic heterocycles. The maximum absolute atomic E-state index is 13.3. The second kappa shape index (κ2) is 6.59. The molecule has 27 heavy (non-hydrogen) atoms. The molecule has 136 valence electrons. The number of aromatic amines is 1. The lowest BCUT2D eigenvalue weighted by Crippen LogP contribution is -2.26. The molecular formula is C20H16N3O3S-. The normalized spacial score (nSPS) is 11.3. The van der Waals surface area contributed by atoms with Crippen LogP contribution in [0.25, 0.3) is 27.6 Å². The number of carboxylic acids is 1. The minimum Gasteiger partial charge on any atom is -0.549 e. The first kappa shape index (κ1) is 17.4. The monoisotopic (exact) mass is 378 g/mol. The van der Waals surface area contributed by atoms with E-state index < -0.39 is 5.97 Å². The fourth-order valence-electron chi connectivity index (χ4n) is 3.15. The number of carbonyl (C=O) groups is 1. The molecule has 0 atom stereocenters. The van der Waals surface area contributed by atoms with Crippen LogP contribution in [-0.2, 0) is 4.79 Å². The number of aromatic nitrogens is 3. The van der Waals surface area contributed by atoms with Crippen LogP contribution >= 0.6 is 11.8 Å². The topological polar surface area (TPSA) is 90.8 Å². The Morgan fingerprint density at radius 1 is 1.19 bits per heavy atom. The van der Waals surface area contributed by atoms with Crippen LogP contribution in [0.3, 0.4) is 0 Å². The quantitative estimate of drug-likeness (QED) is 0.435. The van der Waals surface area contributed by atoms with Crippen LogP contribution in [0, 0.1) is 13.8 Å². The van der Waals surface area contributed by atoms with E-state index in [-0.39, 0.29) is 11.3 Å². The van der Waals surface area contributed by atoms with Gasteiger partial charge < -0.3 is 14.9 Å². The third-order valence-electron chi connectivity index (χ3n) is 4.63. The van der Waals surface area contributed by atoms with E-state index in [1.807, 2.05) is 56.3 Å². The number of hydrogen-bond donors (Lipinski definition) is 1. The van der Waals surface area contributed by atoms with E-state index in [1.54, 1.807) is 0 Å². The van der Waals surface area contributed by atoms with Crippen molar-refractivity contribution in [1.82, 2.24) is 14.5 Å². The third kappa shape index (κ3) is 2.90. The molecule has 2 aromatic carbocycles. The van der Waals surface area contributed by atoms with Gasteiger partial charge in [0.2, 0.25) is 0 Å². The van der Waals surface area contributed by atoms with Gasteiger partial charge in [-0.1, -0.05) is 42.1 Å². The second-order valence-corrected chi connectivity index (χ2v) is 7.25. The molecule has 0 aliphatic carbocycles. The van der Waals surface area contributed by atoms with Gasteiger partial charge in [0.15, 0.2) is 5.16 Å². The highest BCUT2D eigenvalue weighted by atomic mass is 32.2. The molecule has 2 heterocycles. The maximum atomic E-state index is 13.3. The number of benzene rings is 2. The molecule has 0 saturated heterocycles. The van der Waals surface area contributed by atoms with Crippen molar-refractivity contribution in [1.29, 1.82) is 0 Å². The molecule has 7 heteroatoms. The van der Waals surface area contributed by atoms with E-state index in [4.69, 9.17) is 0 Å². The van der Waals surface area contributed by atoms with E-state index in [9.17, 15) is 14.7 Å². The Hall–Kier alpha value is -3.06. The van der Waals surface area contributed by atoms with Gasteiger partial charge in [0.1, 0.15) is 11.0 Å². The van der Waals surface area contributed by atoms with Crippen molar-refractivity contribution in [3.8, 4) is 5.69 Å². The summed E-state index contributed by atoms with van der Waals surface area (Å²) in [5.74, 6) is -1.49. The molecule has 0 amide bonds. The number of para-hydroxylation sites is 1. The average Bonchev–Trinajstić information content (AvgIpc) is 3.02. The first-order valence-corrected chi connectivity index (χ1v) is 9.38. The van der Waals surface area contributed by atoms with Crippen molar-refractivity contribution in [2.75, 3.05) is 5.75 Å². The predicted octanol–water partition coefficient (Wildman–Crippen LogP) is 2.33. The number of nitrogens with zero attached hydrogens (tertiary/aromatic N) is 2. The Labute approximate surface area is 158 Å². The summed E-state index contributed by atoms with van der Waals surface area (Å²) in [6.07, 6.45) is 0. The molecule has 4 aromatic rings. The van der Waals surface area contributed by atoms with Crippen molar-refractivity contribution in [2.24, 2.45) is 0 Å². The van der Waals surface area contributed by atoms with E-state index >= 15 is 0 Å². The van der Waals surface area contributed by atoms with Gasteiger partial charge in [-0.3, -0.25) is 9.36 Å². The van der Waals surface area contributed by atoms with E-state index in [1.165, 1.54) is 4.57 Å². The Morgan fingerprint density at radius 2 is 1.96 bits per heavy atom. The highest BCUT2D eigenvalue weighted by Crippen LogP contribution is 2.27. The molecule has 6 nitrogen and oxygen atoms in total. The number of H-pyrrole nitrogens is 1. The number of nitrogens with one attached hydrogen (secondary N) is 1. The standard InChI is InChI=1S/C20H17N3O3S/c1-11-6-5-9-15(12(11)2)23-19(26)18-17(22-20(23)27-10-16(24)25)13-7-3-4-8-14(13)21-18/h3-9,21H,10H2,1-2H3,(H,24,25)/p-1. The number of thioether (sulfide) groups is 1. The molecule has 0 aliphatic rings. The Morgan fingerprint density at radius 3 is 2.74 bits per heavy atom. The summed E-state index contributed by atoms with van der Waals surface area (Å²) in [7, 11) is 0. The van der Waals surface area contributed by atoms with Crippen molar-refractivity contribution < 1.29 is 9.90 Å². The van der Waals surface area contributed by atoms with E-state index in [0.29, 0.717) is 21.9 Å². The molecule has 0 fully saturated rings. The van der Waals surface area contributed by atoms with Crippen LogP contribution in [-0.4, -0.2) is 26.3 Å². The summed E-state index contributed by atoms with van der Waals surface area (Å²) in [6, 6.07) is 13.2. The number of aryl methyl sites for hydroxylation is 1. The Balaban J connectivity index is 2.08. The van der Waals surface area contributed by atoms with Gasteiger partial charge >= 0.3 is 0 Å². The minimum atomic E-state index is -1.21. The largest absolute Gasteiger partial charge is 0.549 e. The highest BCUT2D eigenvalue weighted by molar-refractivity contribution is 7.99. The van der Waals surface area contributed by atoms with Crippen molar-refractivity contribution >= 4 is 39.7 Å². The SMILES string of the molecule is Cc1cccc(-n2c(SCC(=O)[O-])nc3c([nH]c4ccccc43)c2=O)c1C. The summed E-state index contributed by atoms with van der Waals surface area (Å²) in [5.41, 5.74) is 4.15. The smallest absolute Gasteiger partial charge is 0.283 e. The average molecular weight is 378 g/mol. The molecule has 0 aliphatic heterocycles. The number of hydrogen-bond acceptors (Lipinski definition) is 5. The summed E-state index contributed by atoms with van der Waals surface area (Å²) >= 11 is 0.981. The lowest BCUT2D eigenvalue weighted by atomic mass is 10.1. The van der Waals surface area contributed by atoms with Gasteiger partial charge in [-0.15, -0.1) is 0 Å². The van der Waals surface area contributed by atoms with Crippen LogP contribution in [0.4, 0.5) is 0 Å². The summed E-state index contributed by atoms with van der Waals surface area (Å²) in [5, 5.41) is 12.2. The van der Waals surface area contributed by atoms with Crippen LogP contribution < -0.4 is 10.7 Å². The van der Waals surface area contributed by atoms with Gasteiger partial charge in [-0.05, 0) is 37.1 Å². The van der Waals surface area contributed by atoms with Gasteiger partial charge in [0.05, 0.1) is 11.7 Å². The molecular weight excluding hydrogens is 362 g/mol. The maximum Gasteiger partial charge on any atom is 0.283 e. The number of carbonyl (C=O) groups excluding carboxylic acids is 1. The minimum absolute atomic E-state index is 0.259. The van der Waals surface area contributed by atoms with Crippen LogP contribution in [0.1, 0.15) is 11.1 Å². The van der Waals surface area contributed by atoms with Gasteiger partial charge in [-0.2, -0.15) is 0 Å². The molecule has 0 unspecified atom stereocenters. The van der Waals surface area contributed by atoms with Gasteiger partial charge in [-0.25, -0.2) is 4.98 Å². The zero-order valence-corrected chi connectivity index (χ0v) is 15.6. The van der Waals surface area contributed by atoms with Crippen molar-refractivity contribution in [3.05, 3.63) is 63.9 Å². The summed E-state index contributed by atoms with van der Waals surface area (Å²) in [4.78, 5) is 32.1. The number of rotatable bonds is 4. The van der Waals surface area contributed by atoms with Crippen LogP contribution in [0.15, 0.2) is 52.4 Å². The second-order valence-electron chi connectivity index (χ2n) is 6.31. The highest BCUT2D eigenvalue weighted by Gasteiger charge is 2.18. The first-order valence-electron chi connectivity index (χ1n) is 8.40. The first-order chi connectivity index (χ1) is 13.0. The number of fused-ring (bicyclic) bond motifs is 3. The Kier molecular flexibility index (Phi) is 4.24. The zero-order valence-electron chi connectivity index (χ0n) is 14.8. The molecule has 0 spiro atoms. The summed E-state index contributed by atoms with van der Waals surface area (Å²) < 4.78 is 1.48.